The molecule has 0 radical (unpaired) electrons. The summed E-state index contributed by atoms with van der Waals surface area (Å²) in [5, 5.41) is 9.11. The Kier molecular flexibility index (Phi) is 22.8. The van der Waals surface area contributed by atoms with E-state index < -0.39 is 25.0 Å². The van der Waals surface area contributed by atoms with Gasteiger partial charge in [-0.05, 0) is 83.6 Å². The highest BCUT2D eigenvalue weighted by atomic mass is 28.4. The van der Waals surface area contributed by atoms with Crippen molar-refractivity contribution in [3.05, 3.63) is 12.2 Å². The van der Waals surface area contributed by atoms with E-state index in [0.717, 1.165) is 63.2 Å². The van der Waals surface area contributed by atoms with E-state index >= 15 is 0 Å². The van der Waals surface area contributed by atoms with Crippen LogP contribution in [0.1, 0.15) is 51.9 Å². The summed E-state index contributed by atoms with van der Waals surface area (Å²) in [6.07, 6.45) is 6.53. The van der Waals surface area contributed by atoms with Gasteiger partial charge in [0.1, 0.15) is 0 Å². The molecule has 3 amide bonds. The van der Waals surface area contributed by atoms with Crippen LogP contribution >= 0.6 is 0 Å². The molecule has 0 rings (SSSR count). The van der Waals surface area contributed by atoms with Crippen LogP contribution in [0.15, 0.2) is 12.2 Å². The molecule has 0 aromatic rings. The van der Waals surface area contributed by atoms with Crippen molar-refractivity contribution >= 4 is 48.6 Å². The lowest BCUT2D eigenvalue weighted by molar-refractivity contribution is -0.882. The zero-order chi connectivity index (χ0) is 39.4. The first-order chi connectivity index (χ1) is 23.4. The van der Waals surface area contributed by atoms with E-state index in [1.165, 1.54) is 0 Å². The largest absolute Gasteiger partial charge is 0.462 e. The smallest absolute Gasteiger partial charge is 0.333 e. The quantitative estimate of drug-likeness (QED) is 0.0333. The fourth-order valence-electron chi connectivity index (χ4n) is 5.91. The highest BCUT2D eigenvalue weighted by Gasteiger charge is 2.32. The summed E-state index contributed by atoms with van der Waals surface area (Å²) in [5.41, 5.74) is 0.391. The topological polar surface area (TPSA) is 132 Å². The molecule has 0 bridgehead atoms. The summed E-state index contributed by atoms with van der Waals surface area (Å²) in [5.74, 6) is -0.392. The number of carbonyl (C=O) groups is 4. The molecule has 0 aromatic heterocycles. The van der Waals surface area contributed by atoms with Gasteiger partial charge in [-0.15, -0.1) is 0 Å². The molecule has 0 aliphatic carbocycles. The van der Waals surface area contributed by atoms with Crippen molar-refractivity contribution in [2.75, 3.05) is 87.7 Å². The van der Waals surface area contributed by atoms with E-state index in [1.807, 2.05) is 28.2 Å². The van der Waals surface area contributed by atoms with E-state index in [0.29, 0.717) is 53.7 Å². The maximum Gasteiger partial charge on any atom is 0.333 e. The first kappa shape index (κ1) is 49.1. The number of hydrogen-bond donors (Lipinski definition) is 3. The predicted octanol–water partition coefficient (Wildman–Crippen LogP) is 4.62. The molecular formula is C36H77N5O7Si3+2. The molecule has 0 aromatic carbocycles. The summed E-state index contributed by atoms with van der Waals surface area (Å²) in [6.45, 7) is 22.7. The number of esters is 1. The number of nitrogens with zero attached hydrogens (tertiary/aromatic N) is 2. The number of rotatable bonds is 29. The van der Waals surface area contributed by atoms with Gasteiger partial charge in [0.25, 0.3) is 17.7 Å². The number of ether oxygens (including phenoxy) is 1. The predicted molar refractivity (Wildman–Crippen MR) is 216 cm³/mol. The molecule has 0 unspecified atom stereocenters. The summed E-state index contributed by atoms with van der Waals surface area (Å²) >= 11 is 0. The molecule has 0 spiro atoms. The Morgan fingerprint density at radius 3 is 1.33 bits per heavy atom. The van der Waals surface area contributed by atoms with Gasteiger partial charge in [-0.25, -0.2) is 4.79 Å². The molecule has 0 saturated carbocycles. The van der Waals surface area contributed by atoms with Crippen molar-refractivity contribution in [2.24, 2.45) is 0 Å². The van der Waals surface area contributed by atoms with E-state index in [9.17, 15) is 19.2 Å². The second-order valence-electron chi connectivity index (χ2n) is 17.3. The zero-order valence-corrected chi connectivity index (χ0v) is 37.7. The zero-order valence-electron chi connectivity index (χ0n) is 34.7. The van der Waals surface area contributed by atoms with Crippen molar-refractivity contribution in [3.63, 3.8) is 0 Å². The molecule has 51 heavy (non-hydrogen) atoms. The summed E-state index contributed by atoms with van der Waals surface area (Å²) in [7, 11) is 4.39. The number of quaternary nitrogens is 2. The lowest BCUT2D eigenvalue weighted by Crippen LogP contribution is -2.52. The Morgan fingerprint density at radius 2 is 0.961 bits per heavy atom. The van der Waals surface area contributed by atoms with Crippen LogP contribution in [0.5, 0.6) is 0 Å². The van der Waals surface area contributed by atoms with Gasteiger partial charge in [-0.1, -0.05) is 25.8 Å². The average Bonchev–Trinajstić information content (AvgIpc) is 2.97. The number of carbonyl (C=O) groups excluding carboxylic acids is 4. The van der Waals surface area contributed by atoms with Crippen LogP contribution in [-0.4, -0.2) is 145 Å². The molecule has 0 aliphatic rings. The van der Waals surface area contributed by atoms with Crippen LogP contribution in [0.2, 0.25) is 57.4 Å². The van der Waals surface area contributed by atoms with Crippen LogP contribution in [0.4, 0.5) is 0 Å². The normalized spacial score (nSPS) is 12.7. The Balaban J connectivity index is 4.21. The fourth-order valence-corrected chi connectivity index (χ4v) is 16.2. The van der Waals surface area contributed by atoms with Gasteiger partial charge in [0, 0.05) is 38.7 Å². The van der Waals surface area contributed by atoms with E-state index in [-0.39, 0.29) is 36.8 Å². The molecule has 0 atom stereocenters. The summed E-state index contributed by atoms with van der Waals surface area (Å²) in [6, 6.07) is 3.19. The average molecular weight is 776 g/mol. The van der Waals surface area contributed by atoms with Gasteiger partial charge in [-0.2, -0.15) is 0 Å². The third-order valence-electron chi connectivity index (χ3n) is 8.89. The fraction of sp³-hybridized carbons (Fsp3) is 0.833. The van der Waals surface area contributed by atoms with Crippen molar-refractivity contribution in [1.82, 2.24) is 16.0 Å². The molecule has 3 N–H and O–H groups in total. The lowest BCUT2D eigenvalue weighted by Gasteiger charge is -2.34. The molecule has 298 valence electrons. The standard InChI is InChI=1S/C36H75N5O7Si3/c1-32(2)36(45)47-25-20-24-40(3,4)29-33(42)37-22-15-18-27-50(10,11)48-51(12,13)28-19-16-23-39-35(44)31-41(5,6)30-34(43)38-21-14-17-26-49(8,9)46-7/h1,14-31H2,2-13H3,(H-2,37,38,39,42,43,44)/p+2. The van der Waals surface area contributed by atoms with Crippen LogP contribution < -0.4 is 16.0 Å². The minimum atomic E-state index is -1.85. The van der Waals surface area contributed by atoms with Crippen LogP contribution in [-0.2, 0) is 32.5 Å². The Labute approximate surface area is 314 Å². The number of hydrogen-bond acceptors (Lipinski definition) is 7. The molecule has 15 heteroatoms. The monoisotopic (exact) mass is 776 g/mol. The van der Waals surface area contributed by atoms with E-state index in [2.05, 4.69) is 61.8 Å². The van der Waals surface area contributed by atoms with Crippen molar-refractivity contribution in [2.45, 2.75) is 109 Å². The minimum Gasteiger partial charge on any atom is -0.462 e. The number of amides is 3. The van der Waals surface area contributed by atoms with Gasteiger partial charge in [0.2, 0.25) is 0 Å². The highest BCUT2D eigenvalue weighted by Crippen LogP contribution is 2.24. The Bertz CT molecular complexity index is 1100. The van der Waals surface area contributed by atoms with Crippen molar-refractivity contribution in [3.8, 4) is 0 Å². The van der Waals surface area contributed by atoms with Crippen molar-refractivity contribution in [1.29, 1.82) is 0 Å². The van der Waals surface area contributed by atoms with Gasteiger partial charge in [-0.3, -0.25) is 14.4 Å². The highest BCUT2D eigenvalue weighted by molar-refractivity contribution is 6.84. The number of nitrogens with one attached hydrogen (secondary N) is 3. The van der Waals surface area contributed by atoms with E-state index in [4.69, 9.17) is 13.3 Å². The second-order valence-corrected chi connectivity index (χ2v) is 30.6. The van der Waals surface area contributed by atoms with Gasteiger partial charge >= 0.3 is 5.97 Å². The number of unbranched alkanes of at least 4 members (excludes halogenated alkanes) is 3. The van der Waals surface area contributed by atoms with Gasteiger partial charge in [0.15, 0.2) is 44.6 Å². The van der Waals surface area contributed by atoms with Crippen LogP contribution in [0.3, 0.4) is 0 Å². The molecule has 0 fully saturated rings. The third-order valence-corrected chi connectivity index (χ3v) is 19.1. The second kappa shape index (κ2) is 23.7. The third kappa shape index (κ3) is 27.4. The molecule has 0 heterocycles. The molecule has 0 aliphatic heterocycles. The summed E-state index contributed by atoms with van der Waals surface area (Å²) in [4.78, 5) is 49.1. The van der Waals surface area contributed by atoms with Crippen molar-refractivity contribution < 1.29 is 41.4 Å². The maximum absolute atomic E-state index is 12.6. The van der Waals surface area contributed by atoms with E-state index in [1.54, 1.807) is 14.0 Å². The SMILES string of the molecule is C=C(C)C(=O)OCCC[N+](C)(C)CC(=O)NCCCC[Si](C)(C)O[Si](C)(C)CCCCNC(=O)C[N+](C)(C)CC(=O)NCCCC[Si](C)(C)OC. The molecular weight excluding hydrogens is 699 g/mol. The van der Waals surface area contributed by atoms with Gasteiger partial charge in [0.05, 0.1) is 41.3 Å². The lowest BCUT2D eigenvalue weighted by atomic mass is 10.3. The van der Waals surface area contributed by atoms with Crippen LogP contribution in [0, 0.1) is 0 Å². The first-order valence-electron chi connectivity index (χ1n) is 18.9. The maximum atomic E-state index is 12.6. The van der Waals surface area contributed by atoms with Crippen LogP contribution in [0.25, 0.3) is 0 Å². The Morgan fingerprint density at radius 1 is 0.588 bits per heavy atom. The minimum absolute atomic E-state index is 0.0228. The summed E-state index contributed by atoms with van der Waals surface area (Å²) < 4.78 is 18.4. The molecule has 0 saturated heterocycles. The first-order valence-corrected chi connectivity index (χ1v) is 28.3. The number of likely N-dealkylation sites (N-methyl/N-ethyl adjacent to an activating group) is 2. The molecule has 12 nitrogen and oxygen atoms in total. The Hall–Kier alpha value is -1.89. The van der Waals surface area contributed by atoms with Gasteiger partial charge < -0.3 is 38.2 Å².